The Kier molecular flexibility index (Phi) is 8.24. The summed E-state index contributed by atoms with van der Waals surface area (Å²) >= 11 is 3.42. The quantitative estimate of drug-likeness (QED) is 0.142. The number of carbonyl (C=O) groups excluding carboxylic acids is 1. The highest BCUT2D eigenvalue weighted by atomic mass is 79.9. The maximum absolute atomic E-state index is 13.1. The summed E-state index contributed by atoms with van der Waals surface area (Å²) in [6, 6.07) is 33.1. The maximum Gasteiger partial charge on any atom is 0.266 e. The molecule has 0 spiro atoms. The number of anilines is 1. The standard InChI is InChI=1S/C32H25BrN4O3/c1-22(23-14-16-26(33)17-15-23)36-40-21-29(38)35-32-28(19-34)30(24-9-4-2-5-10-24)31(25-11-6-3-7-12-25)37(32)20-27-13-8-18-39-27/h2-18H,20-21H2,1H3,(H,35,38)/b36-22-. The van der Waals surface area contributed by atoms with Crippen LogP contribution in [0.1, 0.15) is 23.8 Å². The molecule has 0 saturated heterocycles. The van der Waals surface area contributed by atoms with Gasteiger partial charge in [0.05, 0.1) is 24.2 Å². The van der Waals surface area contributed by atoms with Crippen molar-refractivity contribution in [2.24, 2.45) is 5.16 Å². The summed E-state index contributed by atoms with van der Waals surface area (Å²) in [4.78, 5) is 18.5. The molecule has 0 bridgehead atoms. The number of carbonyl (C=O) groups is 1. The number of oxime groups is 1. The van der Waals surface area contributed by atoms with E-state index in [0.717, 1.165) is 32.4 Å². The maximum atomic E-state index is 13.1. The summed E-state index contributed by atoms with van der Waals surface area (Å²) in [7, 11) is 0. The van der Waals surface area contributed by atoms with Gasteiger partial charge in [0.15, 0.2) is 6.61 Å². The summed E-state index contributed by atoms with van der Waals surface area (Å²) in [5, 5.41) is 17.4. The fourth-order valence-electron chi connectivity index (χ4n) is 4.46. The largest absolute Gasteiger partial charge is 0.467 e. The highest BCUT2D eigenvalue weighted by molar-refractivity contribution is 9.10. The number of halogens is 1. The first-order chi connectivity index (χ1) is 19.5. The monoisotopic (exact) mass is 592 g/mol. The Balaban J connectivity index is 1.53. The van der Waals surface area contributed by atoms with Gasteiger partial charge < -0.3 is 19.1 Å². The molecule has 2 heterocycles. The summed E-state index contributed by atoms with van der Waals surface area (Å²) in [6.07, 6.45) is 1.60. The number of nitriles is 1. The Hall–Kier alpha value is -4.87. The van der Waals surface area contributed by atoms with Crippen molar-refractivity contribution in [1.29, 1.82) is 5.26 Å². The number of amides is 1. The minimum Gasteiger partial charge on any atom is -0.467 e. The summed E-state index contributed by atoms with van der Waals surface area (Å²) in [5.74, 6) is 0.595. The van der Waals surface area contributed by atoms with Gasteiger partial charge in [-0.15, -0.1) is 0 Å². The molecule has 2 aromatic heterocycles. The lowest BCUT2D eigenvalue weighted by Crippen LogP contribution is -2.20. The van der Waals surface area contributed by atoms with E-state index in [1.807, 2.05) is 109 Å². The topological polar surface area (TPSA) is 92.5 Å². The molecule has 0 saturated carbocycles. The first-order valence-corrected chi connectivity index (χ1v) is 13.4. The lowest BCUT2D eigenvalue weighted by Gasteiger charge is -2.14. The number of aromatic nitrogens is 1. The van der Waals surface area contributed by atoms with Gasteiger partial charge in [0.2, 0.25) is 0 Å². The number of hydrogen-bond acceptors (Lipinski definition) is 5. The molecule has 3 aromatic carbocycles. The Morgan fingerprint density at radius 3 is 2.27 bits per heavy atom. The third kappa shape index (κ3) is 5.90. The van der Waals surface area contributed by atoms with E-state index in [9.17, 15) is 10.1 Å². The smallest absolute Gasteiger partial charge is 0.266 e. The van der Waals surface area contributed by atoms with Gasteiger partial charge >= 0.3 is 0 Å². The minimum absolute atomic E-state index is 0.302. The van der Waals surface area contributed by atoms with E-state index in [4.69, 9.17) is 9.25 Å². The van der Waals surface area contributed by atoms with E-state index in [2.05, 4.69) is 32.5 Å². The second-order valence-corrected chi connectivity index (χ2v) is 9.88. The fourth-order valence-corrected chi connectivity index (χ4v) is 4.72. The van der Waals surface area contributed by atoms with Crippen LogP contribution in [0.5, 0.6) is 0 Å². The number of rotatable bonds is 9. The molecule has 0 aliphatic carbocycles. The summed E-state index contributed by atoms with van der Waals surface area (Å²) < 4.78 is 8.52. The highest BCUT2D eigenvalue weighted by Crippen LogP contribution is 2.42. The summed E-state index contributed by atoms with van der Waals surface area (Å²) in [6.45, 7) is 1.78. The second-order valence-electron chi connectivity index (χ2n) is 8.96. The van der Waals surface area contributed by atoms with Crippen LogP contribution in [0.2, 0.25) is 0 Å². The molecule has 8 heteroatoms. The zero-order valence-corrected chi connectivity index (χ0v) is 23.3. The third-order valence-electron chi connectivity index (χ3n) is 6.30. The average molecular weight is 593 g/mol. The summed E-state index contributed by atoms with van der Waals surface area (Å²) in [5.41, 5.74) is 5.13. The van der Waals surface area contributed by atoms with Crippen molar-refractivity contribution in [2.75, 3.05) is 11.9 Å². The van der Waals surface area contributed by atoms with Gasteiger partial charge in [-0.2, -0.15) is 5.26 Å². The van der Waals surface area contributed by atoms with E-state index in [0.29, 0.717) is 29.4 Å². The number of furan rings is 1. The van der Waals surface area contributed by atoms with Crippen molar-refractivity contribution < 1.29 is 14.0 Å². The van der Waals surface area contributed by atoms with Crippen molar-refractivity contribution in [1.82, 2.24) is 4.57 Å². The van der Waals surface area contributed by atoms with Crippen molar-refractivity contribution in [3.05, 3.63) is 125 Å². The van der Waals surface area contributed by atoms with Gasteiger partial charge in [-0.25, -0.2) is 0 Å². The molecule has 1 N–H and O–H groups in total. The predicted molar refractivity (Wildman–Crippen MR) is 159 cm³/mol. The van der Waals surface area contributed by atoms with Crippen molar-refractivity contribution in [2.45, 2.75) is 13.5 Å². The van der Waals surface area contributed by atoms with Crippen LogP contribution >= 0.6 is 15.9 Å². The Morgan fingerprint density at radius 2 is 1.65 bits per heavy atom. The molecule has 0 atom stereocenters. The molecule has 5 rings (SSSR count). The van der Waals surface area contributed by atoms with E-state index in [-0.39, 0.29) is 6.61 Å². The number of nitrogens with zero attached hydrogens (tertiary/aromatic N) is 3. The number of benzene rings is 3. The van der Waals surface area contributed by atoms with E-state index in [1.165, 1.54) is 0 Å². The normalized spacial score (nSPS) is 11.2. The SMILES string of the molecule is C/C(=N/OCC(=O)Nc1c(C#N)c(-c2ccccc2)c(-c2ccccc2)n1Cc1ccco1)c1ccc(Br)cc1. The number of nitrogens with one attached hydrogen (secondary N) is 1. The van der Waals surface area contributed by atoms with E-state index in [1.54, 1.807) is 6.26 Å². The zero-order valence-electron chi connectivity index (χ0n) is 21.7. The minimum atomic E-state index is -0.443. The van der Waals surface area contributed by atoms with Crippen LogP contribution in [0.3, 0.4) is 0 Å². The lowest BCUT2D eigenvalue weighted by atomic mass is 9.98. The molecule has 0 fully saturated rings. The van der Waals surface area contributed by atoms with Gasteiger partial charge in [0, 0.05) is 10.0 Å². The van der Waals surface area contributed by atoms with Crippen molar-refractivity contribution in [3.63, 3.8) is 0 Å². The molecular formula is C32H25BrN4O3. The van der Waals surface area contributed by atoms with Crippen LogP contribution in [0.25, 0.3) is 22.4 Å². The first-order valence-electron chi connectivity index (χ1n) is 12.6. The Labute approximate surface area is 240 Å². The van der Waals surface area contributed by atoms with Gasteiger partial charge in [-0.1, -0.05) is 93.9 Å². The van der Waals surface area contributed by atoms with Crippen molar-refractivity contribution >= 4 is 33.4 Å². The molecule has 7 nitrogen and oxygen atoms in total. The van der Waals surface area contributed by atoms with Crippen LogP contribution < -0.4 is 5.32 Å². The third-order valence-corrected chi connectivity index (χ3v) is 6.82. The molecule has 5 aromatic rings. The fraction of sp³-hybridized carbons (Fsp3) is 0.0938. The molecule has 0 unspecified atom stereocenters. The van der Waals surface area contributed by atoms with Crippen LogP contribution in [-0.2, 0) is 16.2 Å². The van der Waals surface area contributed by atoms with E-state index < -0.39 is 5.91 Å². The molecule has 0 aliphatic heterocycles. The number of hydrogen-bond donors (Lipinski definition) is 1. The molecule has 40 heavy (non-hydrogen) atoms. The molecular weight excluding hydrogens is 568 g/mol. The van der Waals surface area contributed by atoms with Crippen LogP contribution in [0, 0.1) is 11.3 Å². The van der Waals surface area contributed by atoms with Gasteiger partial charge in [0.25, 0.3) is 5.91 Å². The molecule has 0 aliphatic rings. The van der Waals surface area contributed by atoms with Gasteiger partial charge in [0.1, 0.15) is 23.2 Å². The lowest BCUT2D eigenvalue weighted by molar-refractivity contribution is -0.120. The van der Waals surface area contributed by atoms with E-state index >= 15 is 0 Å². The van der Waals surface area contributed by atoms with Crippen LogP contribution in [0.4, 0.5) is 5.82 Å². The molecule has 0 radical (unpaired) electrons. The zero-order chi connectivity index (χ0) is 27.9. The average Bonchev–Trinajstić information content (AvgIpc) is 3.60. The predicted octanol–water partition coefficient (Wildman–Crippen LogP) is 7.48. The second kappa shape index (κ2) is 12.3. The van der Waals surface area contributed by atoms with Crippen LogP contribution in [0.15, 0.2) is 117 Å². The van der Waals surface area contributed by atoms with Gasteiger partial charge in [-0.05, 0) is 47.9 Å². The Bertz CT molecular complexity index is 1670. The van der Waals surface area contributed by atoms with Crippen LogP contribution in [-0.4, -0.2) is 22.8 Å². The van der Waals surface area contributed by atoms with Gasteiger partial charge in [-0.3, -0.25) is 4.79 Å². The van der Waals surface area contributed by atoms with Crippen molar-refractivity contribution in [3.8, 4) is 28.5 Å². The molecule has 1 amide bonds. The highest BCUT2D eigenvalue weighted by Gasteiger charge is 2.27. The molecule has 198 valence electrons. The first kappa shape index (κ1) is 26.7. The Morgan fingerprint density at radius 1 is 0.975 bits per heavy atom.